The highest BCUT2D eigenvalue weighted by Gasteiger charge is 2.19. The summed E-state index contributed by atoms with van der Waals surface area (Å²) in [5, 5.41) is 12.9. The lowest BCUT2D eigenvalue weighted by Gasteiger charge is -2.08. The summed E-state index contributed by atoms with van der Waals surface area (Å²) in [6, 6.07) is 5.33. The van der Waals surface area contributed by atoms with Gasteiger partial charge in [0.25, 0.3) is 5.91 Å². The molecular weight excluding hydrogens is 366 g/mol. The molecule has 0 unspecified atom stereocenters. The third-order valence-corrected chi connectivity index (χ3v) is 5.64. The Kier molecular flexibility index (Phi) is 4.65. The molecule has 4 rings (SSSR count). The predicted molar refractivity (Wildman–Crippen MR) is 103 cm³/mol. The number of nitrogens with zero attached hydrogens (tertiary/aromatic N) is 2. The van der Waals surface area contributed by atoms with Crippen LogP contribution in [0, 0.1) is 0 Å². The van der Waals surface area contributed by atoms with Crippen molar-refractivity contribution in [2.45, 2.75) is 39.0 Å². The first-order valence-electron chi connectivity index (χ1n) is 8.86. The van der Waals surface area contributed by atoms with Crippen LogP contribution >= 0.6 is 11.3 Å². The van der Waals surface area contributed by atoms with Crippen molar-refractivity contribution in [3.8, 4) is 5.75 Å². The van der Waals surface area contributed by atoms with Crippen LogP contribution in [0.3, 0.4) is 0 Å². The molecule has 1 aliphatic carbocycles. The van der Waals surface area contributed by atoms with Crippen molar-refractivity contribution in [3.63, 3.8) is 0 Å². The maximum Gasteiger partial charge on any atom is 0.339 e. The second kappa shape index (κ2) is 7.11. The Morgan fingerprint density at radius 3 is 2.89 bits per heavy atom. The number of aromatic nitrogens is 2. The highest BCUT2D eigenvalue weighted by molar-refractivity contribution is 7.15. The standard InChI is InChI=1S/C19H19N3O4S/c1-10(2)17-21-22-19(27-17)20-16(23)9-25-11-6-7-13-12-4-3-5-14(12)18(24)26-15(13)8-11/h6-8,10H,3-5,9H2,1-2H3,(H,20,22,23). The fourth-order valence-electron chi connectivity index (χ4n) is 3.18. The number of hydrogen-bond donors (Lipinski definition) is 1. The molecule has 2 aromatic heterocycles. The Morgan fingerprint density at radius 1 is 1.30 bits per heavy atom. The monoisotopic (exact) mass is 385 g/mol. The van der Waals surface area contributed by atoms with Crippen molar-refractivity contribution in [2.24, 2.45) is 0 Å². The van der Waals surface area contributed by atoms with Crippen LogP contribution in [0.5, 0.6) is 5.75 Å². The van der Waals surface area contributed by atoms with Gasteiger partial charge in [0.2, 0.25) is 5.13 Å². The Balaban J connectivity index is 1.45. The number of rotatable bonds is 5. The summed E-state index contributed by atoms with van der Waals surface area (Å²) in [6.07, 6.45) is 2.64. The summed E-state index contributed by atoms with van der Waals surface area (Å²) in [6.45, 7) is 3.86. The Morgan fingerprint density at radius 2 is 2.11 bits per heavy atom. The number of benzene rings is 1. The first-order chi connectivity index (χ1) is 13.0. The summed E-state index contributed by atoms with van der Waals surface area (Å²) >= 11 is 1.35. The fourth-order valence-corrected chi connectivity index (χ4v) is 3.94. The molecule has 1 aromatic carbocycles. The van der Waals surface area contributed by atoms with Crippen LogP contribution in [0.1, 0.15) is 42.3 Å². The van der Waals surface area contributed by atoms with E-state index in [9.17, 15) is 9.59 Å². The van der Waals surface area contributed by atoms with E-state index >= 15 is 0 Å². The van der Waals surface area contributed by atoms with Crippen LogP contribution in [0.2, 0.25) is 0 Å². The van der Waals surface area contributed by atoms with E-state index in [2.05, 4.69) is 15.5 Å². The minimum atomic E-state index is -0.322. The Bertz CT molecular complexity index is 1070. The van der Waals surface area contributed by atoms with Crippen molar-refractivity contribution in [3.05, 3.63) is 44.8 Å². The maximum absolute atomic E-state index is 12.1. The number of hydrogen-bond acceptors (Lipinski definition) is 7. The smallest absolute Gasteiger partial charge is 0.339 e. The van der Waals surface area contributed by atoms with Gasteiger partial charge in [0.15, 0.2) is 6.61 Å². The molecule has 27 heavy (non-hydrogen) atoms. The highest BCUT2D eigenvalue weighted by Crippen LogP contribution is 2.29. The molecule has 1 aliphatic rings. The van der Waals surface area contributed by atoms with Crippen LogP contribution in [0.15, 0.2) is 27.4 Å². The van der Waals surface area contributed by atoms with Gasteiger partial charge in [-0.05, 0) is 37.0 Å². The molecule has 1 N–H and O–H groups in total. The Labute approximate surface area is 159 Å². The average Bonchev–Trinajstić information content (AvgIpc) is 3.29. The van der Waals surface area contributed by atoms with Gasteiger partial charge in [-0.2, -0.15) is 0 Å². The molecule has 3 aromatic rings. The topological polar surface area (TPSA) is 94.3 Å². The van der Waals surface area contributed by atoms with Crippen LogP contribution in [-0.4, -0.2) is 22.7 Å². The van der Waals surface area contributed by atoms with E-state index in [0.717, 1.165) is 40.8 Å². The molecule has 1 amide bonds. The molecule has 2 heterocycles. The molecule has 8 heteroatoms. The Hall–Kier alpha value is -2.74. The number of ether oxygens (including phenoxy) is 1. The van der Waals surface area contributed by atoms with E-state index in [1.165, 1.54) is 11.3 Å². The summed E-state index contributed by atoms with van der Waals surface area (Å²) < 4.78 is 11.0. The van der Waals surface area contributed by atoms with Crippen molar-refractivity contribution >= 4 is 33.3 Å². The van der Waals surface area contributed by atoms with Gasteiger partial charge in [0, 0.05) is 22.9 Å². The fraction of sp³-hybridized carbons (Fsp3) is 0.368. The van der Waals surface area contributed by atoms with E-state index in [1.807, 2.05) is 19.9 Å². The van der Waals surface area contributed by atoms with E-state index in [1.54, 1.807) is 12.1 Å². The first-order valence-corrected chi connectivity index (χ1v) is 9.67. The second-order valence-electron chi connectivity index (χ2n) is 6.80. The van der Waals surface area contributed by atoms with Crippen molar-refractivity contribution in [1.82, 2.24) is 10.2 Å². The number of fused-ring (bicyclic) bond motifs is 3. The van der Waals surface area contributed by atoms with Crippen molar-refractivity contribution < 1.29 is 13.9 Å². The van der Waals surface area contributed by atoms with Crippen molar-refractivity contribution in [1.29, 1.82) is 0 Å². The number of carbonyl (C=O) groups excluding carboxylic acids is 1. The van der Waals surface area contributed by atoms with Gasteiger partial charge in [-0.3, -0.25) is 10.1 Å². The third kappa shape index (κ3) is 3.57. The minimum absolute atomic E-state index is 0.169. The summed E-state index contributed by atoms with van der Waals surface area (Å²) in [4.78, 5) is 24.1. The molecular formula is C19H19N3O4S. The van der Waals surface area contributed by atoms with Gasteiger partial charge in [0.1, 0.15) is 16.3 Å². The lowest BCUT2D eigenvalue weighted by Crippen LogP contribution is -2.20. The number of amides is 1. The zero-order valence-electron chi connectivity index (χ0n) is 15.1. The highest BCUT2D eigenvalue weighted by atomic mass is 32.1. The van der Waals surface area contributed by atoms with E-state index in [-0.39, 0.29) is 24.1 Å². The van der Waals surface area contributed by atoms with E-state index < -0.39 is 0 Å². The molecule has 0 bridgehead atoms. The van der Waals surface area contributed by atoms with E-state index in [0.29, 0.717) is 16.5 Å². The SMILES string of the molecule is CC(C)c1nnc(NC(=O)COc2ccc3c4c(c(=O)oc3c2)CCC4)s1. The largest absolute Gasteiger partial charge is 0.484 e. The zero-order chi connectivity index (χ0) is 19.0. The third-order valence-electron chi connectivity index (χ3n) is 4.50. The first kappa shape index (κ1) is 17.7. The van der Waals surface area contributed by atoms with Gasteiger partial charge < -0.3 is 9.15 Å². The summed E-state index contributed by atoms with van der Waals surface area (Å²) in [7, 11) is 0. The molecule has 0 atom stereocenters. The quantitative estimate of drug-likeness (QED) is 0.678. The van der Waals surface area contributed by atoms with Gasteiger partial charge in [-0.1, -0.05) is 25.2 Å². The minimum Gasteiger partial charge on any atom is -0.484 e. The molecule has 0 saturated carbocycles. The lowest BCUT2D eigenvalue weighted by molar-refractivity contribution is -0.118. The normalized spacial score (nSPS) is 13.1. The van der Waals surface area contributed by atoms with Gasteiger partial charge >= 0.3 is 5.63 Å². The van der Waals surface area contributed by atoms with E-state index in [4.69, 9.17) is 9.15 Å². The summed E-state index contributed by atoms with van der Waals surface area (Å²) in [5.74, 6) is 0.411. The number of carbonyl (C=O) groups is 1. The van der Waals surface area contributed by atoms with Crippen LogP contribution in [0.25, 0.3) is 11.0 Å². The second-order valence-corrected chi connectivity index (χ2v) is 7.80. The number of anilines is 1. The molecule has 0 fully saturated rings. The lowest BCUT2D eigenvalue weighted by atomic mass is 10.1. The molecule has 140 valence electrons. The number of aryl methyl sites for hydroxylation is 1. The van der Waals surface area contributed by atoms with Gasteiger partial charge in [-0.15, -0.1) is 10.2 Å². The van der Waals surface area contributed by atoms with Gasteiger partial charge in [-0.25, -0.2) is 4.79 Å². The van der Waals surface area contributed by atoms with Crippen LogP contribution in [-0.2, 0) is 17.6 Å². The molecule has 7 nitrogen and oxygen atoms in total. The summed E-state index contributed by atoms with van der Waals surface area (Å²) in [5.41, 5.74) is 2.07. The van der Waals surface area contributed by atoms with Crippen LogP contribution < -0.4 is 15.7 Å². The van der Waals surface area contributed by atoms with Crippen molar-refractivity contribution in [2.75, 3.05) is 11.9 Å². The molecule has 0 aliphatic heterocycles. The average molecular weight is 385 g/mol. The predicted octanol–water partition coefficient (Wildman–Crippen LogP) is 3.27. The molecule has 0 saturated heterocycles. The van der Waals surface area contributed by atoms with Gasteiger partial charge in [0.05, 0.1) is 0 Å². The molecule has 0 radical (unpaired) electrons. The van der Waals surface area contributed by atoms with Crippen LogP contribution in [0.4, 0.5) is 5.13 Å². The number of nitrogens with one attached hydrogen (secondary N) is 1. The maximum atomic E-state index is 12.1. The zero-order valence-corrected chi connectivity index (χ0v) is 15.9. The molecule has 0 spiro atoms.